The molecule has 0 aliphatic carbocycles. The van der Waals surface area contributed by atoms with Gasteiger partial charge in [0, 0.05) is 31.5 Å². The summed E-state index contributed by atoms with van der Waals surface area (Å²) < 4.78 is 0. The molecular formula is C12H21N3. The Morgan fingerprint density at radius 1 is 1.33 bits per heavy atom. The third-order valence-corrected chi connectivity index (χ3v) is 2.76. The average molecular weight is 207 g/mol. The zero-order valence-corrected chi connectivity index (χ0v) is 9.85. The molecule has 15 heavy (non-hydrogen) atoms. The van der Waals surface area contributed by atoms with Gasteiger partial charge in [-0.3, -0.25) is 9.88 Å². The Morgan fingerprint density at radius 2 is 1.93 bits per heavy atom. The highest BCUT2D eigenvalue weighted by molar-refractivity contribution is 5.09. The van der Waals surface area contributed by atoms with Gasteiger partial charge >= 0.3 is 0 Å². The molecule has 0 radical (unpaired) electrons. The van der Waals surface area contributed by atoms with E-state index in [9.17, 15) is 0 Å². The molecule has 0 aliphatic heterocycles. The van der Waals surface area contributed by atoms with Crippen LogP contribution in [0, 0.1) is 5.92 Å². The van der Waals surface area contributed by atoms with Crippen molar-refractivity contribution in [3.05, 3.63) is 30.1 Å². The van der Waals surface area contributed by atoms with Crippen molar-refractivity contribution in [2.45, 2.75) is 26.4 Å². The molecule has 0 aliphatic rings. The van der Waals surface area contributed by atoms with E-state index in [-0.39, 0.29) is 0 Å². The van der Waals surface area contributed by atoms with Crippen LogP contribution in [0.5, 0.6) is 0 Å². The van der Waals surface area contributed by atoms with E-state index in [1.54, 1.807) is 0 Å². The van der Waals surface area contributed by atoms with Crippen molar-refractivity contribution >= 4 is 0 Å². The lowest BCUT2D eigenvalue weighted by Crippen LogP contribution is -2.41. The SMILES string of the molecule is CC(C)C(CN)N(C)Cc1ccncc1. The molecule has 0 amide bonds. The second kappa shape index (κ2) is 5.83. The zero-order valence-electron chi connectivity index (χ0n) is 9.85. The van der Waals surface area contributed by atoms with E-state index in [1.807, 2.05) is 24.5 Å². The van der Waals surface area contributed by atoms with E-state index < -0.39 is 0 Å². The molecule has 84 valence electrons. The number of rotatable bonds is 5. The molecular weight excluding hydrogens is 186 g/mol. The van der Waals surface area contributed by atoms with Crippen molar-refractivity contribution in [2.24, 2.45) is 11.7 Å². The Kier molecular flexibility index (Phi) is 4.72. The van der Waals surface area contributed by atoms with Gasteiger partial charge in [0.25, 0.3) is 0 Å². The summed E-state index contributed by atoms with van der Waals surface area (Å²) in [5, 5.41) is 0. The largest absolute Gasteiger partial charge is 0.329 e. The number of likely N-dealkylation sites (N-methyl/N-ethyl adjacent to an activating group) is 1. The minimum atomic E-state index is 0.443. The van der Waals surface area contributed by atoms with Crippen molar-refractivity contribution < 1.29 is 0 Å². The summed E-state index contributed by atoms with van der Waals surface area (Å²) in [5.74, 6) is 0.585. The monoisotopic (exact) mass is 207 g/mol. The maximum Gasteiger partial charge on any atom is 0.0271 e. The lowest BCUT2D eigenvalue weighted by atomic mass is 10.0. The van der Waals surface area contributed by atoms with E-state index in [2.05, 4.69) is 30.8 Å². The highest BCUT2D eigenvalue weighted by atomic mass is 15.1. The molecule has 0 saturated heterocycles. The third-order valence-electron chi connectivity index (χ3n) is 2.76. The van der Waals surface area contributed by atoms with E-state index in [1.165, 1.54) is 5.56 Å². The number of pyridine rings is 1. The Morgan fingerprint density at radius 3 is 2.40 bits per heavy atom. The van der Waals surface area contributed by atoms with E-state index in [4.69, 9.17) is 5.73 Å². The van der Waals surface area contributed by atoms with Gasteiger partial charge in [0.05, 0.1) is 0 Å². The Bertz CT molecular complexity index is 271. The molecule has 0 spiro atoms. The summed E-state index contributed by atoms with van der Waals surface area (Å²) in [4.78, 5) is 6.32. The molecule has 1 atom stereocenters. The van der Waals surface area contributed by atoms with Crippen LogP contribution < -0.4 is 5.73 Å². The number of hydrogen-bond acceptors (Lipinski definition) is 3. The van der Waals surface area contributed by atoms with E-state index in [0.29, 0.717) is 18.5 Å². The second-order valence-electron chi connectivity index (χ2n) is 4.32. The van der Waals surface area contributed by atoms with Gasteiger partial charge < -0.3 is 5.73 Å². The Labute approximate surface area is 92.3 Å². The maximum atomic E-state index is 5.77. The number of nitrogens with two attached hydrogens (primary N) is 1. The molecule has 2 N–H and O–H groups in total. The summed E-state index contributed by atoms with van der Waals surface area (Å²) >= 11 is 0. The van der Waals surface area contributed by atoms with Crippen molar-refractivity contribution in [3.8, 4) is 0 Å². The van der Waals surface area contributed by atoms with Crippen LogP contribution in [-0.4, -0.2) is 29.5 Å². The molecule has 0 bridgehead atoms. The quantitative estimate of drug-likeness (QED) is 0.795. The first-order chi connectivity index (χ1) is 7.15. The van der Waals surface area contributed by atoms with Gasteiger partial charge in [-0.1, -0.05) is 13.8 Å². The summed E-state index contributed by atoms with van der Waals surface area (Å²) in [6, 6.07) is 4.53. The molecule has 1 aromatic heterocycles. The van der Waals surface area contributed by atoms with Gasteiger partial charge in [0.2, 0.25) is 0 Å². The van der Waals surface area contributed by atoms with Gasteiger partial charge in [-0.15, -0.1) is 0 Å². The first-order valence-corrected chi connectivity index (χ1v) is 5.44. The van der Waals surface area contributed by atoms with Gasteiger partial charge in [-0.2, -0.15) is 0 Å². The fraction of sp³-hybridized carbons (Fsp3) is 0.583. The van der Waals surface area contributed by atoms with Crippen molar-refractivity contribution in [1.82, 2.24) is 9.88 Å². The lowest BCUT2D eigenvalue weighted by Gasteiger charge is -2.30. The molecule has 1 aromatic rings. The molecule has 0 saturated carbocycles. The first kappa shape index (κ1) is 12.1. The normalized spacial score (nSPS) is 13.5. The highest BCUT2D eigenvalue weighted by Crippen LogP contribution is 2.11. The highest BCUT2D eigenvalue weighted by Gasteiger charge is 2.16. The van der Waals surface area contributed by atoms with Gasteiger partial charge in [0.15, 0.2) is 0 Å². The van der Waals surface area contributed by atoms with Crippen LogP contribution in [0.15, 0.2) is 24.5 Å². The number of aromatic nitrogens is 1. The van der Waals surface area contributed by atoms with E-state index in [0.717, 1.165) is 6.54 Å². The summed E-state index contributed by atoms with van der Waals surface area (Å²) in [7, 11) is 2.12. The molecule has 1 unspecified atom stereocenters. The van der Waals surface area contributed by atoms with E-state index >= 15 is 0 Å². The van der Waals surface area contributed by atoms with Gasteiger partial charge in [-0.25, -0.2) is 0 Å². The predicted octanol–water partition coefficient (Wildman–Crippen LogP) is 1.50. The predicted molar refractivity (Wildman–Crippen MR) is 63.4 cm³/mol. The smallest absolute Gasteiger partial charge is 0.0271 e. The first-order valence-electron chi connectivity index (χ1n) is 5.44. The molecule has 1 rings (SSSR count). The van der Waals surface area contributed by atoms with Crippen LogP contribution in [0.4, 0.5) is 0 Å². The third kappa shape index (κ3) is 3.61. The fourth-order valence-electron chi connectivity index (χ4n) is 1.85. The zero-order chi connectivity index (χ0) is 11.3. The second-order valence-corrected chi connectivity index (χ2v) is 4.32. The molecule has 3 heteroatoms. The molecule has 3 nitrogen and oxygen atoms in total. The van der Waals surface area contributed by atoms with Crippen LogP contribution in [0.25, 0.3) is 0 Å². The summed E-state index contributed by atoms with van der Waals surface area (Å²) in [6.07, 6.45) is 3.66. The Hall–Kier alpha value is -0.930. The topological polar surface area (TPSA) is 42.1 Å². The standard InChI is InChI=1S/C12H21N3/c1-10(2)12(8-13)15(3)9-11-4-6-14-7-5-11/h4-7,10,12H,8-9,13H2,1-3H3. The molecule has 0 aromatic carbocycles. The van der Waals surface area contributed by atoms with Crippen LogP contribution in [0.3, 0.4) is 0 Å². The van der Waals surface area contributed by atoms with Crippen molar-refractivity contribution in [3.63, 3.8) is 0 Å². The fourth-order valence-corrected chi connectivity index (χ4v) is 1.85. The van der Waals surface area contributed by atoms with Crippen LogP contribution >= 0.6 is 0 Å². The molecule has 0 fully saturated rings. The molecule has 1 heterocycles. The Balaban J connectivity index is 2.58. The number of nitrogens with zero attached hydrogens (tertiary/aromatic N) is 2. The number of hydrogen-bond donors (Lipinski definition) is 1. The summed E-state index contributed by atoms with van der Waals surface area (Å²) in [6.45, 7) is 6.06. The van der Waals surface area contributed by atoms with Crippen LogP contribution in [-0.2, 0) is 6.54 Å². The average Bonchev–Trinajstić information content (AvgIpc) is 2.19. The van der Waals surface area contributed by atoms with Crippen LogP contribution in [0.1, 0.15) is 19.4 Å². The maximum absolute atomic E-state index is 5.77. The van der Waals surface area contributed by atoms with Crippen LogP contribution in [0.2, 0.25) is 0 Å². The van der Waals surface area contributed by atoms with Crippen molar-refractivity contribution in [1.29, 1.82) is 0 Å². The van der Waals surface area contributed by atoms with Gasteiger partial charge in [-0.05, 0) is 30.7 Å². The van der Waals surface area contributed by atoms with Gasteiger partial charge in [0.1, 0.15) is 0 Å². The van der Waals surface area contributed by atoms with Crippen molar-refractivity contribution in [2.75, 3.05) is 13.6 Å². The minimum absolute atomic E-state index is 0.443. The lowest BCUT2D eigenvalue weighted by molar-refractivity contribution is 0.190. The summed E-state index contributed by atoms with van der Waals surface area (Å²) in [5.41, 5.74) is 7.06. The minimum Gasteiger partial charge on any atom is -0.329 e.